The van der Waals surface area contributed by atoms with E-state index in [1.165, 1.54) is 0 Å². The van der Waals surface area contributed by atoms with Crippen LogP contribution in [-0.4, -0.2) is 42.5 Å². The Balaban J connectivity index is 1.78. The molecule has 0 aliphatic rings. The van der Waals surface area contributed by atoms with Gasteiger partial charge in [0.05, 0.1) is 13.7 Å². The molecule has 0 saturated heterocycles. The zero-order valence-corrected chi connectivity index (χ0v) is 23.0. The fourth-order valence-electron chi connectivity index (χ4n) is 4.23. The molecule has 6 nitrogen and oxygen atoms in total. The van der Waals surface area contributed by atoms with E-state index in [-0.39, 0.29) is 24.3 Å². The summed E-state index contributed by atoms with van der Waals surface area (Å²) in [6.45, 7) is 6.82. The molecule has 3 aromatic rings. The molecule has 0 saturated carbocycles. The highest BCUT2D eigenvalue weighted by Gasteiger charge is 2.30. The molecule has 0 aliphatic carbocycles. The Morgan fingerprint density at radius 3 is 2.26 bits per heavy atom. The Morgan fingerprint density at radius 1 is 0.921 bits per heavy atom. The van der Waals surface area contributed by atoms with Gasteiger partial charge >= 0.3 is 0 Å². The van der Waals surface area contributed by atoms with Gasteiger partial charge in [-0.3, -0.25) is 9.59 Å². The number of carbonyl (C=O) groups is 2. The fourth-order valence-corrected chi connectivity index (χ4v) is 4.23. The van der Waals surface area contributed by atoms with Crippen LogP contribution in [0, 0.1) is 6.92 Å². The number of methoxy groups -OCH3 is 1. The van der Waals surface area contributed by atoms with E-state index < -0.39 is 6.04 Å². The van der Waals surface area contributed by atoms with Crippen molar-refractivity contribution in [2.45, 2.75) is 65.1 Å². The Hall–Kier alpha value is -3.80. The standard InChI is InChI=1S/C32H40N2O4/c1-5-25(3)33-32(36)30(22-26-12-7-6-8-13-26)34(23-27-14-9-11-24(2)21-27)31(35)15-10-20-38-29-18-16-28(37-4)17-19-29/h6-9,11-14,16-19,21,25,30H,5,10,15,20,22-23H2,1-4H3,(H,33,36). The first-order chi connectivity index (χ1) is 18.4. The number of nitrogens with one attached hydrogen (secondary N) is 1. The molecule has 0 aliphatic heterocycles. The van der Waals surface area contributed by atoms with Gasteiger partial charge in [0, 0.05) is 25.4 Å². The number of ether oxygens (including phenoxy) is 2. The summed E-state index contributed by atoms with van der Waals surface area (Å²) in [5, 5.41) is 3.11. The largest absolute Gasteiger partial charge is 0.497 e. The topological polar surface area (TPSA) is 67.9 Å². The quantitative estimate of drug-likeness (QED) is 0.278. The minimum absolute atomic E-state index is 0.0228. The molecule has 0 bridgehead atoms. The van der Waals surface area contributed by atoms with Crippen LogP contribution in [0.3, 0.4) is 0 Å². The maximum absolute atomic E-state index is 13.7. The molecule has 0 radical (unpaired) electrons. The Bertz CT molecular complexity index is 1150. The molecule has 0 aromatic heterocycles. The number of nitrogens with zero attached hydrogens (tertiary/aromatic N) is 1. The van der Waals surface area contributed by atoms with Crippen molar-refractivity contribution < 1.29 is 19.1 Å². The lowest BCUT2D eigenvalue weighted by molar-refractivity contribution is -0.141. The van der Waals surface area contributed by atoms with Gasteiger partial charge in [0.2, 0.25) is 11.8 Å². The molecule has 6 heteroatoms. The molecule has 2 unspecified atom stereocenters. The summed E-state index contributed by atoms with van der Waals surface area (Å²) in [6, 6.07) is 24.7. The van der Waals surface area contributed by atoms with Crippen LogP contribution in [0.25, 0.3) is 0 Å². The molecule has 3 aromatic carbocycles. The fraction of sp³-hybridized carbons (Fsp3) is 0.375. The third kappa shape index (κ3) is 8.94. The van der Waals surface area contributed by atoms with Gasteiger partial charge in [-0.1, -0.05) is 67.1 Å². The molecule has 2 amide bonds. The highest BCUT2D eigenvalue weighted by molar-refractivity contribution is 5.88. The summed E-state index contributed by atoms with van der Waals surface area (Å²) in [5.41, 5.74) is 3.13. The van der Waals surface area contributed by atoms with Crippen molar-refractivity contribution in [1.82, 2.24) is 10.2 Å². The third-order valence-corrected chi connectivity index (χ3v) is 6.57. The second kappa shape index (κ2) is 14.8. The third-order valence-electron chi connectivity index (χ3n) is 6.57. The van der Waals surface area contributed by atoms with E-state index in [4.69, 9.17) is 9.47 Å². The zero-order valence-electron chi connectivity index (χ0n) is 23.0. The predicted octanol–water partition coefficient (Wildman–Crippen LogP) is 5.72. The predicted molar refractivity (Wildman–Crippen MR) is 151 cm³/mol. The van der Waals surface area contributed by atoms with Gasteiger partial charge in [0.25, 0.3) is 0 Å². The summed E-state index contributed by atoms with van der Waals surface area (Å²) < 4.78 is 11.0. The molecule has 202 valence electrons. The molecule has 0 heterocycles. The van der Waals surface area contributed by atoms with Crippen LogP contribution in [0.2, 0.25) is 0 Å². The summed E-state index contributed by atoms with van der Waals surface area (Å²) in [5.74, 6) is 1.30. The van der Waals surface area contributed by atoms with E-state index in [2.05, 4.69) is 11.4 Å². The van der Waals surface area contributed by atoms with Crippen LogP contribution >= 0.6 is 0 Å². The van der Waals surface area contributed by atoms with E-state index in [1.54, 1.807) is 12.0 Å². The van der Waals surface area contributed by atoms with Gasteiger partial charge in [-0.05, 0) is 62.1 Å². The van der Waals surface area contributed by atoms with Crippen molar-refractivity contribution in [3.8, 4) is 11.5 Å². The molecule has 2 atom stereocenters. The highest BCUT2D eigenvalue weighted by Crippen LogP contribution is 2.19. The SMILES string of the molecule is CCC(C)NC(=O)C(Cc1ccccc1)N(Cc1cccc(C)c1)C(=O)CCCOc1ccc(OC)cc1. The second-order valence-electron chi connectivity index (χ2n) is 9.66. The van der Waals surface area contributed by atoms with Crippen molar-refractivity contribution >= 4 is 11.8 Å². The molecule has 0 fully saturated rings. The smallest absolute Gasteiger partial charge is 0.243 e. The number of amides is 2. The van der Waals surface area contributed by atoms with Crippen LogP contribution in [0.4, 0.5) is 0 Å². The van der Waals surface area contributed by atoms with Crippen molar-refractivity contribution in [3.63, 3.8) is 0 Å². The van der Waals surface area contributed by atoms with E-state index in [0.717, 1.165) is 34.6 Å². The molecular weight excluding hydrogens is 476 g/mol. The number of benzene rings is 3. The van der Waals surface area contributed by atoms with E-state index >= 15 is 0 Å². The van der Waals surface area contributed by atoms with Crippen LogP contribution < -0.4 is 14.8 Å². The van der Waals surface area contributed by atoms with E-state index in [9.17, 15) is 9.59 Å². The van der Waals surface area contributed by atoms with Crippen LogP contribution in [0.1, 0.15) is 49.8 Å². The van der Waals surface area contributed by atoms with Gasteiger partial charge in [-0.15, -0.1) is 0 Å². The average molecular weight is 517 g/mol. The number of carbonyl (C=O) groups excluding carboxylic acids is 2. The van der Waals surface area contributed by atoms with E-state index in [0.29, 0.717) is 26.0 Å². The highest BCUT2D eigenvalue weighted by atomic mass is 16.5. The Labute approximate surface area is 227 Å². The first-order valence-electron chi connectivity index (χ1n) is 13.4. The Morgan fingerprint density at radius 2 is 1.61 bits per heavy atom. The Kier molecular flexibility index (Phi) is 11.2. The molecule has 1 N–H and O–H groups in total. The minimum Gasteiger partial charge on any atom is -0.497 e. The van der Waals surface area contributed by atoms with Crippen LogP contribution in [0.5, 0.6) is 11.5 Å². The molecule has 0 spiro atoms. The summed E-state index contributed by atoms with van der Waals surface area (Å²) in [4.78, 5) is 29.0. The second-order valence-corrected chi connectivity index (χ2v) is 9.66. The van der Waals surface area contributed by atoms with Crippen molar-refractivity contribution in [2.24, 2.45) is 0 Å². The van der Waals surface area contributed by atoms with Gasteiger partial charge in [-0.25, -0.2) is 0 Å². The van der Waals surface area contributed by atoms with E-state index in [1.807, 2.05) is 93.6 Å². The van der Waals surface area contributed by atoms with Crippen molar-refractivity contribution in [2.75, 3.05) is 13.7 Å². The number of rotatable bonds is 14. The monoisotopic (exact) mass is 516 g/mol. The van der Waals surface area contributed by atoms with Crippen molar-refractivity contribution in [3.05, 3.63) is 95.6 Å². The van der Waals surface area contributed by atoms with Crippen LogP contribution in [0.15, 0.2) is 78.9 Å². The summed E-state index contributed by atoms with van der Waals surface area (Å²) >= 11 is 0. The first-order valence-corrected chi connectivity index (χ1v) is 13.4. The lowest BCUT2D eigenvalue weighted by atomic mass is 10.0. The number of aryl methyl sites for hydroxylation is 1. The lowest BCUT2D eigenvalue weighted by Gasteiger charge is -2.32. The first kappa shape index (κ1) is 28.8. The lowest BCUT2D eigenvalue weighted by Crippen LogP contribution is -2.52. The zero-order chi connectivity index (χ0) is 27.3. The number of hydrogen-bond donors (Lipinski definition) is 1. The normalized spacial score (nSPS) is 12.3. The maximum Gasteiger partial charge on any atom is 0.243 e. The number of hydrogen-bond acceptors (Lipinski definition) is 4. The van der Waals surface area contributed by atoms with Gasteiger partial charge in [0.1, 0.15) is 17.5 Å². The maximum atomic E-state index is 13.7. The molecule has 3 rings (SSSR count). The van der Waals surface area contributed by atoms with Gasteiger partial charge in [0.15, 0.2) is 0 Å². The average Bonchev–Trinajstić information content (AvgIpc) is 2.93. The van der Waals surface area contributed by atoms with Gasteiger partial charge < -0.3 is 19.7 Å². The van der Waals surface area contributed by atoms with Crippen LogP contribution in [-0.2, 0) is 22.6 Å². The molecule has 38 heavy (non-hydrogen) atoms. The summed E-state index contributed by atoms with van der Waals surface area (Å²) in [7, 11) is 1.62. The van der Waals surface area contributed by atoms with Crippen molar-refractivity contribution in [1.29, 1.82) is 0 Å². The molecular formula is C32H40N2O4. The van der Waals surface area contributed by atoms with Gasteiger partial charge in [-0.2, -0.15) is 0 Å². The summed E-state index contributed by atoms with van der Waals surface area (Å²) in [6.07, 6.45) is 2.09. The minimum atomic E-state index is -0.623.